The van der Waals surface area contributed by atoms with Crippen LogP contribution in [-0.4, -0.2) is 28.1 Å². The van der Waals surface area contributed by atoms with Crippen molar-refractivity contribution in [2.45, 2.75) is 6.61 Å². The smallest absolute Gasteiger partial charge is 0.309 e. The molecule has 138 valence electrons. The van der Waals surface area contributed by atoms with Gasteiger partial charge in [0, 0.05) is 9.13 Å². The molecule has 0 aliphatic heterocycles. The number of hydrogen-bond donors (Lipinski definition) is 0. The van der Waals surface area contributed by atoms with Gasteiger partial charge in [-0.15, -0.1) is 0 Å². The maximum atomic E-state index is 10.7. The standard InChI is InChI=1S/C18H15IN4O4/c1-26-18-7-2-13(9-20-22-11-16(10-21-22)23(24)25)8-14(18)12-27-17-5-3-15(19)4-6-17/h2-11H,12H2,1H3. The Hall–Kier alpha value is -2.95. The molecule has 0 unspecified atom stereocenters. The summed E-state index contributed by atoms with van der Waals surface area (Å²) in [7, 11) is 1.60. The summed E-state index contributed by atoms with van der Waals surface area (Å²) in [4.78, 5) is 11.3. The number of rotatable bonds is 7. The largest absolute Gasteiger partial charge is 0.496 e. The molecule has 0 aliphatic rings. The Morgan fingerprint density at radius 1 is 1.30 bits per heavy atom. The first-order valence-electron chi connectivity index (χ1n) is 7.84. The van der Waals surface area contributed by atoms with E-state index in [4.69, 9.17) is 9.47 Å². The summed E-state index contributed by atoms with van der Waals surface area (Å²) in [6.07, 6.45) is 3.94. The molecule has 9 heteroatoms. The second-order valence-corrected chi connectivity index (χ2v) is 6.68. The van der Waals surface area contributed by atoms with Crippen LogP contribution in [0.3, 0.4) is 0 Å². The molecule has 2 aromatic carbocycles. The lowest BCUT2D eigenvalue weighted by atomic mass is 10.1. The van der Waals surface area contributed by atoms with Crippen molar-refractivity contribution < 1.29 is 14.4 Å². The zero-order valence-electron chi connectivity index (χ0n) is 14.3. The van der Waals surface area contributed by atoms with E-state index in [0.29, 0.717) is 12.4 Å². The van der Waals surface area contributed by atoms with Crippen LogP contribution in [0.2, 0.25) is 0 Å². The zero-order chi connectivity index (χ0) is 19.2. The lowest BCUT2D eigenvalue weighted by Gasteiger charge is -2.11. The SMILES string of the molecule is COc1ccc(C=Nn2cc([N+](=O)[O-])cn2)cc1COc1ccc(I)cc1. The van der Waals surface area contributed by atoms with Crippen molar-refractivity contribution in [2.75, 3.05) is 7.11 Å². The lowest BCUT2D eigenvalue weighted by molar-refractivity contribution is -0.385. The molecule has 0 aliphatic carbocycles. The molecule has 0 spiro atoms. The first-order chi connectivity index (χ1) is 13.0. The lowest BCUT2D eigenvalue weighted by Crippen LogP contribution is -2.00. The van der Waals surface area contributed by atoms with E-state index in [1.54, 1.807) is 13.3 Å². The fourth-order valence-corrected chi connectivity index (χ4v) is 2.63. The molecule has 0 N–H and O–H groups in total. The third-order valence-corrected chi connectivity index (χ3v) is 4.32. The molecule has 0 atom stereocenters. The number of halogens is 1. The van der Waals surface area contributed by atoms with Crippen LogP contribution in [0, 0.1) is 13.7 Å². The highest BCUT2D eigenvalue weighted by Crippen LogP contribution is 2.22. The van der Waals surface area contributed by atoms with Gasteiger partial charge in [0.05, 0.1) is 18.2 Å². The monoisotopic (exact) mass is 478 g/mol. The van der Waals surface area contributed by atoms with E-state index < -0.39 is 4.92 Å². The maximum absolute atomic E-state index is 10.7. The molecule has 0 fully saturated rings. The van der Waals surface area contributed by atoms with E-state index in [9.17, 15) is 10.1 Å². The summed E-state index contributed by atoms with van der Waals surface area (Å²) >= 11 is 2.24. The Labute approximate surface area is 168 Å². The molecule has 8 nitrogen and oxygen atoms in total. The van der Waals surface area contributed by atoms with Gasteiger partial charge < -0.3 is 9.47 Å². The summed E-state index contributed by atoms with van der Waals surface area (Å²) in [5, 5.41) is 18.6. The molecule has 0 amide bonds. The normalized spacial score (nSPS) is 10.9. The van der Waals surface area contributed by atoms with Gasteiger partial charge in [0.2, 0.25) is 0 Å². The molecule has 3 rings (SSSR count). The minimum Gasteiger partial charge on any atom is -0.496 e. The third-order valence-electron chi connectivity index (χ3n) is 3.60. The molecule has 1 aromatic heterocycles. The van der Waals surface area contributed by atoms with E-state index in [1.165, 1.54) is 6.20 Å². The second kappa shape index (κ2) is 8.62. The fraction of sp³-hybridized carbons (Fsp3) is 0.111. The fourth-order valence-electron chi connectivity index (χ4n) is 2.27. The highest BCUT2D eigenvalue weighted by atomic mass is 127. The van der Waals surface area contributed by atoms with Crippen molar-refractivity contribution >= 4 is 34.5 Å². The van der Waals surface area contributed by atoms with Crippen LogP contribution in [0.15, 0.2) is 60.0 Å². The highest BCUT2D eigenvalue weighted by Gasteiger charge is 2.08. The van der Waals surface area contributed by atoms with Crippen molar-refractivity contribution in [2.24, 2.45) is 5.10 Å². The van der Waals surface area contributed by atoms with Crippen molar-refractivity contribution in [1.29, 1.82) is 0 Å². The Morgan fingerprint density at radius 2 is 2.07 bits per heavy atom. The summed E-state index contributed by atoms with van der Waals surface area (Å²) in [5.41, 5.74) is 1.52. The van der Waals surface area contributed by atoms with Gasteiger partial charge in [0.15, 0.2) is 0 Å². The third kappa shape index (κ3) is 5.03. The summed E-state index contributed by atoms with van der Waals surface area (Å²) in [6, 6.07) is 13.3. The molecule has 0 bridgehead atoms. The Morgan fingerprint density at radius 3 is 2.74 bits per heavy atom. The average molecular weight is 478 g/mol. The van der Waals surface area contributed by atoms with Gasteiger partial charge in [0.1, 0.15) is 30.5 Å². The molecule has 0 saturated heterocycles. The topological polar surface area (TPSA) is 91.8 Å². The quantitative estimate of drug-likeness (QED) is 0.223. The first kappa shape index (κ1) is 18.8. The number of nitro groups is 1. The average Bonchev–Trinajstić information content (AvgIpc) is 3.15. The summed E-state index contributed by atoms with van der Waals surface area (Å²) in [5.74, 6) is 1.47. The van der Waals surface area contributed by atoms with Crippen LogP contribution in [0.25, 0.3) is 0 Å². The van der Waals surface area contributed by atoms with E-state index in [-0.39, 0.29) is 5.69 Å². The van der Waals surface area contributed by atoms with Crippen LogP contribution in [-0.2, 0) is 6.61 Å². The first-order valence-corrected chi connectivity index (χ1v) is 8.92. The van der Waals surface area contributed by atoms with Crippen molar-refractivity contribution in [3.8, 4) is 11.5 Å². The van der Waals surface area contributed by atoms with E-state index >= 15 is 0 Å². The van der Waals surface area contributed by atoms with Gasteiger partial charge in [0.25, 0.3) is 0 Å². The van der Waals surface area contributed by atoms with Gasteiger partial charge in [-0.05, 0) is 70.6 Å². The van der Waals surface area contributed by atoms with Crippen LogP contribution < -0.4 is 9.47 Å². The Kier molecular flexibility index (Phi) is 6.01. The van der Waals surface area contributed by atoms with Gasteiger partial charge in [-0.3, -0.25) is 10.1 Å². The minimum absolute atomic E-state index is 0.117. The van der Waals surface area contributed by atoms with Crippen molar-refractivity contribution in [3.05, 3.63) is 79.7 Å². The number of aromatic nitrogens is 2. The molecule has 27 heavy (non-hydrogen) atoms. The predicted molar refractivity (Wildman–Crippen MR) is 108 cm³/mol. The Balaban J connectivity index is 1.74. The Bertz CT molecular complexity index is 970. The molecule has 3 aromatic rings. The number of methoxy groups -OCH3 is 1. The van der Waals surface area contributed by atoms with Gasteiger partial charge in [-0.2, -0.15) is 15.0 Å². The molecule has 0 saturated carbocycles. The van der Waals surface area contributed by atoms with Crippen molar-refractivity contribution in [3.63, 3.8) is 0 Å². The van der Waals surface area contributed by atoms with E-state index in [1.807, 2.05) is 42.5 Å². The van der Waals surface area contributed by atoms with Crippen LogP contribution in [0.4, 0.5) is 5.69 Å². The van der Waals surface area contributed by atoms with Crippen LogP contribution in [0.1, 0.15) is 11.1 Å². The molecular weight excluding hydrogens is 463 g/mol. The number of nitrogens with zero attached hydrogens (tertiary/aromatic N) is 4. The minimum atomic E-state index is -0.521. The zero-order valence-corrected chi connectivity index (χ0v) is 16.4. The number of ether oxygens (including phenoxy) is 2. The molecule has 0 radical (unpaired) electrons. The van der Waals surface area contributed by atoms with E-state index in [2.05, 4.69) is 32.8 Å². The second-order valence-electron chi connectivity index (χ2n) is 5.43. The van der Waals surface area contributed by atoms with Gasteiger partial charge >= 0.3 is 5.69 Å². The van der Waals surface area contributed by atoms with Crippen LogP contribution >= 0.6 is 22.6 Å². The van der Waals surface area contributed by atoms with Gasteiger partial charge in [-0.25, -0.2) is 0 Å². The van der Waals surface area contributed by atoms with Crippen LogP contribution in [0.5, 0.6) is 11.5 Å². The molecule has 1 heterocycles. The van der Waals surface area contributed by atoms with Crippen molar-refractivity contribution in [1.82, 2.24) is 9.89 Å². The number of hydrogen-bond acceptors (Lipinski definition) is 6. The van der Waals surface area contributed by atoms with E-state index in [0.717, 1.165) is 31.4 Å². The van der Waals surface area contributed by atoms with Gasteiger partial charge in [-0.1, -0.05) is 0 Å². The maximum Gasteiger partial charge on any atom is 0.309 e. The highest BCUT2D eigenvalue weighted by molar-refractivity contribution is 14.1. The molecular formula is C18H15IN4O4. The predicted octanol–water partition coefficient (Wildman–Crippen LogP) is 3.87. The summed E-state index contributed by atoms with van der Waals surface area (Å²) < 4.78 is 12.3. The summed E-state index contributed by atoms with van der Waals surface area (Å²) in [6.45, 7) is 0.332. The number of benzene rings is 2.